The zero-order valence-electron chi connectivity index (χ0n) is 8.23. The van der Waals surface area contributed by atoms with Crippen LogP contribution in [0.15, 0.2) is 0 Å². The van der Waals surface area contributed by atoms with Crippen LogP contribution in [0.1, 0.15) is 0 Å². The van der Waals surface area contributed by atoms with E-state index in [1.54, 1.807) is 4.90 Å². The summed E-state index contributed by atoms with van der Waals surface area (Å²) in [5.74, 6) is 0. The molecule has 1 rings (SSSR count). The molecular weight excluding hydrogens is 226 g/mol. The number of β-amino-alcohol motifs (C(OH)–C–C–N with tert-alkyl or cyclic N) is 2. The van der Waals surface area contributed by atoms with E-state index in [-0.39, 0.29) is 38.7 Å². The number of rotatable bonds is 3. The monoisotopic (exact) mass is 243 g/mol. The van der Waals surface area contributed by atoms with Crippen molar-refractivity contribution in [2.75, 3.05) is 26.3 Å². The molecule has 0 unspecified atom stereocenters. The van der Waals surface area contributed by atoms with E-state index in [9.17, 15) is 15.3 Å². The van der Waals surface area contributed by atoms with Gasteiger partial charge in [0, 0.05) is 13.1 Å². The molecule has 1 saturated heterocycles. The van der Waals surface area contributed by atoms with Crippen LogP contribution in [0.25, 0.3) is 0 Å². The van der Waals surface area contributed by atoms with Crippen molar-refractivity contribution >= 4 is 12.4 Å². The summed E-state index contributed by atoms with van der Waals surface area (Å²) in [7, 11) is 0. The fourth-order valence-corrected chi connectivity index (χ4v) is 1.76. The minimum absolute atomic E-state index is 0. The molecular formula is C8H18ClNO5. The third-order valence-electron chi connectivity index (χ3n) is 2.60. The molecule has 15 heavy (non-hydrogen) atoms. The summed E-state index contributed by atoms with van der Waals surface area (Å²) in [6, 6.07) is -0.624. The van der Waals surface area contributed by atoms with E-state index in [0.717, 1.165) is 0 Å². The van der Waals surface area contributed by atoms with Gasteiger partial charge in [-0.15, -0.1) is 12.4 Å². The normalized spacial score (nSPS) is 37.4. The van der Waals surface area contributed by atoms with Crippen molar-refractivity contribution in [2.45, 2.75) is 24.4 Å². The van der Waals surface area contributed by atoms with Gasteiger partial charge in [0.2, 0.25) is 0 Å². The van der Waals surface area contributed by atoms with Crippen molar-refractivity contribution in [1.29, 1.82) is 0 Å². The van der Waals surface area contributed by atoms with E-state index in [2.05, 4.69) is 0 Å². The molecule has 5 N–H and O–H groups in total. The van der Waals surface area contributed by atoms with Gasteiger partial charge in [-0.25, -0.2) is 0 Å². The van der Waals surface area contributed by atoms with Gasteiger partial charge in [0.05, 0.1) is 25.4 Å². The highest BCUT2D eigenvalue weighted by molar-refractivity contribution is 5.85. The number of hydrogen-bond donors (Lipinski definition) is 5. The predicted molar refractivity (Wildman–Crippen MR) is 54.8 cm³/mol. The lowest BCUT2D eigenvalue weighted by Crippen LogP contribution is -2.62. The van der Waals surface area contributed by atoms with Crippen molar-refractivity contribution < 1.29 is 25.5 Å². The van der Waals surface area contributed by atoms with E-state index >= 15 is 0 Å². The van der Waals surface area contributed by atoms with Crippen LogP contribution in [-0.2, 0) is 0 Å². The van der Waals surface area contributed by atoms with Crippen LogP contribution in [0.3, 0.4) is 0 Å². The number of nitrogens with zero attached hydrogens (tertiary/aromatic N) is 1. The van der Waals surface area contributed by atoms with Crippen LogP contribution in [0.4, 0.5) is 0 Å². The van der Waals surface area contributed by atoms with Crippen molar-refractivity contribution in [3.05, 3.63) is 0 Å². The largest absolute Gasteiger partial charge is 0.395 e. The first-order chi connectivity index (χ1) is 6.61. The zero-order chi connectivity index (χ0) is 10.7. The van der Waals surface area contributed by atoms with Crippen LogP contribution in [-0.4, -0.2) is 81.1 Å². The summed E-state index contributed by atoms with van der Waals surface area (Å²) in [6.07, 6.45) is -3.46. The summed E-state index contributed by atoms with van der Waals surface area (Å²) in [6.45, 7) is -0.0347. The molecule has 0 aliphatic carbocycles. The van der Waals surface area contributed by atoms with Gasteiger partial charge in [-0.05, 0) is 0 Å². The van der Waals surface area contributed by atoms with Gasteiger partial charge in [0.1, 0.15) is 12.2 Å². The van der Waals surface area contributed by atoms with Crippen molar-refractivity contribution in [3.8, 4) is 0 Å². The Kier molecular flexibility index (Phi) is 6.62. The van der Waals surface area contributed by atoms with E-state index in [1.807, 2.05) is 0 Å². The van der Waals surface area contributed by atoms with Crippen LogP contribution in [0.5, 0.6) is 0 Å². The van der Waals surface area contributed by atoms with Crippen molar-refractivity contribution in [1.82, 2.24) is 4.90 Å². The summed E-state index contributed by atoms with van der Waals surface area (Å²) in [5.41, 5.74) is 0. The number of piperidine rings is 1. The maximum absolute atomic E-state index is 9.51. The van der Waals surface area contributed by atoms with Crippen molar-refractivity contribution in [3.63, 3.8) is 0 Å². The summed E-state index contributed by atoms with van der Waals surface area (Å²) in [4.78, 5) is 1.56. The smallest absolute Gasteiger partial charge is 0.109 e. The summed E-state index contributed by atoms with van der Waals surface area (Å²) >= 11 is 0. The molecule has 1 aliphatic rings. The Morgan fingerprint density at radius 2 is 1.67 bits per heavy atom. The van der Waals surface area contributed by atoms with E-state index < -0.39 is 24.4 Å². The van der Waals surface area contributed by atoms with Gasteiger partial charge >= 0.3 is 0 Å². The second-order valence-corrected chi connectivity index (χ2v) is 3.52. The SMILES string of the molecule is Cl.OCCN1C[C@H](O)[C@@H](O)[C@@H](O)[C@H]1CO. The molecule has 0 amide bonds. The molecule has 0 radical (unpaired) electrons. The maximum Gasteiger partial charge on any atom is 0.109 e. The second kappa shape index (κ2) is 6.59. The molecule has 0 aromatic carbocycles. The minimum Gasteiger partial charge on any atom is -0.395 e. The maximum atomic E-state index is 9.51. The molecule has 0 bridgehead atoms. The Balaban J connectivity index is 0.00000196. The molecule has 0 saturated carbocycles. The lowest BCUT2D eigenvalue weighted by molar-refractivity contribution is -0.146. The number of halogens is 1. The fourth-order valence-electron chi connectivity index (χ4n) is 1.76. The molecule has 1 heterocycles. The van der Waals surface area contributed by atoms with Crippen LogP contribution < -0.4 is 0 Å². The highest BCUT2D eigenvalue weighted by atomic mass is 35.5. The molecule has 92 valence electrons. The van der Waals surface area contributed by atoms with E-state index in [0.29, 0.717) is 0 Å². The van der Waals surface area contributed by atoms with Gasteiger partial charge in [-0.1, -0.05) is 0 Å². The quantitative estimate of drug-likeness (QED) is 0.366. The molecule has 1 fully saturated rings. The highest BCUT2D eigenvalue weighted by Crippen LogP contribution is 2.18. The number of likely N-dealkylation sites (tertiary alicyclic amines) is 1. The van der Waals surface area contributed by atoms with E-state index in [4.69, 9.17) is 10.2 Å². The molecule has 6 nitrogen and oxygen atoms in total. The second-order valence-electron chi connectivity index (χ2n) is 3.52. The number of aliphatic hydroxyl groups excluding tert-OH is 5. The lowest BCUT2D eigenvalue weighted by Gasteiger charge is -2.42. The van der Waals surface area contributed by atoms with Gasteiger partial charge in [0.15, 0.2) is 0 Å². The van der Waals surface area contributed by atoms with Gasteiger partial charge < -0.3 is 25.5 Å². The molecule has 7 heteroatoms. The first-order valence-electron chi connectivity index (χ1n) is 4.61. The topological polar surface area (TPSA) is 104 Å². The molecule has 0 aromatic rings. The van der Waals surface area contributed by atoms with Crippen LogP contribution in [0, 0.1) is 0 Å². The van der Waals surface area contributed by atoms with Gasteiger partial charge in [-0.2, -0.15) is 0 Å². The van der Waals surface area contributed by atoms with Crippen LogP contribution in [0.2, 0.25) is 0 Å². The minimum atomic E-state index is -1.23. The average molecular weight is 244 g/mol. The van der Waals surface area contributed by atoms with Crippen molar-refractivity contribution in [2.24, 2.45) is 0 Å². The summed E-state index contributed by atoms with van der Waals surface area (Å²) in [5, 5.41) is 45.9. The first kappa shape index (κ1) is 15.0. The summed E-state index contributed by atoms with van der Waals surface area (Å²) < 4.78 is 0. The van der Waals surface area contributed by atoms with Crippen LogP contribution >= 0.6 is 12.4 Å². The number of hydrogen-bond acceptors (Lipinski definition) is 6. The third kappa shape index (κ3) is 3.25. The Labute approximate surface area is 94.2 Å². The first-order valence-corrected chi connectivity index (χ1v) is 4.61. The predicted octanol–water partition coefficient (Wildman–Crippen LogP) is -2.84. The Morgan fingerprint density at radius 1 is 1.07 bits per heavy atom. The molecule has 0 aromatic heterocycles. The molecule has 0 spiro atoms. The van der Waals surface area contributed by atoms with Gasteiger partial charge in [-0.3, -0.25) is 4.90 Å². The number of aliphatic hydroxyl groups is 5. The Morgan fingerprint density at radius 3 is 2.13 bits per heavy atom. The Bertz CT molecular complexity index is 184. The highest BCUT2D eigenvalue weighted by Gasteiger charge is 2.40. The lowest BCUT2D eigenvalue weighted by atomic mass is 9.94. The van der Waals surface area contributed by atoms with Gasteiger partial charge in [0.25, 0.3) is 0 Å². The molecule has 1 aliphatic heterocycles. The molecule has 4 atom stereocenters. The average Bonchev–Trinajstić information content (AvgIpc) is 2.16. The fraction of sp³-hybridized carbons (Fsp3) is 1.00. The zero-order valence-corrected chi connectivity index (χ0v) is 9.05. The standard InChI is InChI=1S/C8H17NO5.ClH/c10-2-1-9-3-6(12)8(14)7(13)5(9)4-11;/h5-8,10-14H,1-4H2;1H/t5-,6+,7+,8-;/m1./s1. The Hall–Kier alpha value is 0.0500. The van der Waals surface area contributed by atoms with E-state index in [1.165, 1.54) is 0 Å². The third-order valence-corrected chi connectivity index (χ3v) is 2.60.